The number of carbonyl (C=O) groups excluding carboxylic acids is 2. The van der Waals surface area contributed by atoms with E-state index in [0.29, 0.717) is 5.69 Å². The van der Waals surface area contributed by atoms with Gasteiger partial charge in [-0.15, -0.1) is 5.10 Å². The molecular weight excluding hydrogens is 362 g/mol. The van der Waals surface area contributed by atoms with Crippen LogP contribution in [0.25, 0.3) is 5.69 Å². The molecule has 3 rings (SSSR count). The number of benzene rings is 2. The lowest BCUT2D eigenvalue weighted by Gasteiger charge is -2.14. The molecule has 0 aliphatic carbocycles. The summed E-state index contributed by atoms with van der Waals surface area (Å²) in [5, 5.41) is 16.9. The second kappa shape index (κ2) is 7.39. The molecule has 2 N–H and O–H groups in total. The van der Waals surface area contributed by atoms with Crippen molar-refractivity contribution in [2.45, 2.75) is 0 Å². The lowest BCUT2D eigenvalue weighted by molar-refractivity contribution is 0.0824. The van der Waals surface area contributed by atoms with E-state index in [1.165, 1.54) is 30.1 Å². The Morgan fingerprint density at radius 3 is 2.39 bits per heavy atom. The third-order valence-electron chi connectivity index (χ3n) is 4.11. The standard InChI is InChI=1S/C19H19N5O4/c1-22(2)18(27)13-10-7-11-14(15(13)25)20-17(26)16-21-24(19(28)23(16)3)12-8-5-4-6-9-12/h4-11,25H,1-3H3,(H,20,26). The number of hydrogen-bond acceptors (Lipinski definition) is 5. The average Bonchev–Trinajstić information content (AvgIpc) is 2.98. The van der Waals surface area contributed by atoms with Gasteiger partial charge in [0.1, 0.15) is 0 Å². The largest absolute Gasteiger partial charge is 0.505 e. The zero-order chi connectivity index (χ0) is 20.4. The van der Waals surface area contributed by atoms with Gasteiger partial charge in [-0.1, -0.05) is 24.3 Å². The fraction of sp³-hybridized carbons (Fsp3) is 0.158. The molecule has 0 saturated heterocycles. The van der Waals surface area contributed by atoms with Gasteiger partial charge in [0.2, 0.25) is 5.82 Å². The number of amides is 2. The van der Waals surface area contributed by atoms with Crippen molar-refractivity contribution in [1.29, 1.82) is 0 Å². The highest BCUT2D eigenvalue weighted by Crippen LogP contribution is 2.28. The molecule has 0 spiro atoms. The third kappa shape index (κ3) is 3.37. The number of para-hydroxylation sites is 2. The van der Waals surface area contributed by atoms with Crippen molar-refractivity contribution in [3.05, 3.63) is 70.4 Å². The van der Waals surface area contributed by atoms with Crippen LogP contribution in [0.3, 0.4) is 0 Å². The SMILES string of the molecule is CN(C)C(=O)c1cccc(NC(=O)c2nn(-c3ccccc3)c(=O)n2C)c1O. The molecule has 0 atom stereocenters. The summed E-state index contributed by atoms with van der Waals surface area (Å²) in [4.78, 5) is 38.5. The summed E-state index contributed by atoms with van der Waals surface area (Å²) in [7, 11) is 4.54. The van der Waals surface area contributed by atoms with Crippen molar-refractivity contribution in [2.75, 3.05) is 19.4 Å². The first-order valence-corrected chi connectivity index (χ1v) is 8.37. The Kier molecular flexibility index (Phi) is 4.99. The maximum atomic E-state index is 12.6. The zero-order valence-electron chi connectivity index (χ0n) is 15.6. The first kappa shape index (κ1) is 18.9. The predicted molar refractivity (Wildman–Crippen MR) is 103 cm³/mol. The van der Waals surface area contributed by atoms with E-state index < -0.39 is 17.5 Å². The van der Waals surface area contributed by atoms with Crippen molar-refractivity contribution in [3.8, 4) is 11.4 Å². The number of aromatic nitrogens is 3. The second-order valence-corrected chi connectivity index (χ2v) is 6.27. The van der Waals surface area contributed by atoms with E-state index in [1.807, 2.05) is 0 Å². The van der Waals surface area contributed by atoms with Crippen molar-refractivity contribution in [2.24, 2.45) is 7.05 Å². The Labute approximate surface area is 160 Å². The zero-order valence-corrected chi connectivity index (χ0v) is 15.6. The summed E-state index contributed by atoms with van der Waals surface area (Å²) in [6.45, 7) is 0. The number of nitrogens with one attached hydrogen (secondary N) is 1. The highest BCUT2D eigenvalue weighted by atomic mass is 16.3. The van der Waals surface area contributed by atoms with Gasteiger partial charge < -0.3 is 15.3 Å². The first-order valence-electron chi connectivity index (χ1n) is 8.37. The minimum Gasteiger partial charge on any atom is -0.505 e. The van der Waals surface area contributed by atoms with Gasteiger partial charge >= 0.3 is 5.69 Å². The van der Waals surface area contributed by atoms with Crippen LogP contribution in [0.4, 0.5) is 5.69 Å². The molecule has 9 heteroatoms. The van der Waals surface area contributed by atoms with Gasteiger partial charge in [-0.3, -0.25) is 14.2 Å². The van der Waals surface area contributed by atoms with Crippen LogP contribution >= 0.6 is 0 Å². The summed E-state index contributed by atoms with van der Waals surface area (Å²) in [5.74, 6) is -1.60. The van der Waals surface area contributed by atoms with Crippen LogP contribution in [0.15, 0.2) is 53.3 Å². The van der Waals surface area contributed by atoms with Gasteiger partial charge in [0.25, 0.3) is 11.8 Å². The molecule has 0 aliphatic heterocycles. The van der Waals surface area contributed by atoms with Gasteiger partial charge in [-0.05, 0) is 24.3 Å². The number of phenolic OH excluding ortho intramolecular Hbond substituents is 1. The van der Waals surface area contributed by atoms with Crippen molar-refractivity contribution < 1.29 is 14.7 Å². The number of nitrogens with zero attached hydrogens (tertiary/aromatic N) is 4. The average molecular weight is 381 g/mol. The summed E-state index contributed by atoms with van der Waals surface area (Å²) >= 11 is 0. The minimum atomic E-state index is -0.695. The highest BCUT2D eigenvalue weighted by molar-refractivity contribution is 6.05. The molecular formula is C19H19N5O4. The highest BCUT2D eigenvalue weighted by Gasteiger charge is 2.21. The molecule has 0 bridgehead atoms. The number of phenols is 1. The van der Waals surface area contributed by atoms with E-state index in [4.69, 9.17) is 0 Å². The Balaban J connectivity index is 1.94. The van der Waals surface area contributed by atoms with Crippen LogP contribution in [0.1, 0.15) is 21.0 Å². The number of hydrogen-bond donors (Lipinski definition) is 2. The molecule has 0 aliphatic rings. The molecule has 144 valence electrons. The lowest BCUT2D eigenvalue weighted by Crippen LogP contribution is -2.24. The van der Waals surface area contributed by atoms with Gasteiger partial charge in [0.05, 0.1) is 16.9 Å². The van der Waals surface area contributed by atoms with E-state index in [2.05, 4.69) is 10.4 Å². The van der Waals surface area contributed by atoms with Gasteiger partial charge in [-0.2, -0.15) is 4.68 Å². The quantitative estimate of drug-likeness (QED) is 0.661. The number of anilines is 1. The lowest BCUT2D eigenvalue weighted by atomic mass is 10.1. The van der Waals surface area contributed by atoms with E-state index >= 15 is 0 Å². The van der Waals surface area contributed by atoms with Gasteiger partial charge in [-0.25, -0.2) is 4.79 Å². The van der Waals surface area contributed by atoms with Crippen LogP contribution < -0.4 is 11.0 Å². The Bertz CT molecular complexity index is 1100. The molecule has 0 fully saturated rings. The fourth-order valence-corrected chi connectivity index (χ4v) is 2.61. The van der Waals surface area contributed by atoms with Crippen molar-refractivity contribution in [3.63, 3.8) is 0 Å². The molecule has 2 amide bonds. The van der Waals surface area contributed by atoms with Gasteiger partial charge in [0.15, 0.2) is 5.75 Å². The van der Waals surface area contributed by atoms with Crippen molar-refractivity contribution >= 4 is 17.5 Å². The van der Waals surface area contributed by atoms with Crippen LogP contribution in [0.5, 0.6) is 5.75 Å². The maximum absolute atomic E-state index is 12.6. The third-order valence-corrected chi connectivity index (χ3v) is 4.11. The van der Waals surface area contributed by atoms with Crippen LogP contribution in [0, 0.1) is 0 Å². The molecule has 1 aromatic heterocycles. The fourth-order valence-electron chi connectivity index (χ4n) is 2.61. The first-order chi connectivity index (χ1) is 13.3. The Hall–Kier alpha value is -3.88. The minimum absolute atomic E-state index is 0.0411. The van der Waals surface area contributed by atoms with E-state index in [-0.39, 0.29) is 22.8 Å². The smallest absolute Gasteiger partial charge is 0.350 e. The van der Waals surface area contributed by atoms with Crippen LogP contribution in [0.2, 0.25) is 0 Å². The van der Waals surface area contributed by atoms with E-state index in [9.17, 15) is 19.5 Å². The molecule has 0 unspecified atom stereocenters. The summed E-state index contributed by atoms with van der Waals surface area (Å²) < 4.78 is 2.22. The predicted octanol–water partition coefficient (Wildman–Crippen LogP) is 1.23. The van der Waals surface area contributed by atoms with Crippen LogP contribution in [-0.4, -0.2) is 50.3 Å². The van der Waals surface area contributed by atoms with Crippen LogP contribution in [-0.2, 0) is 7.05 Å². The van der Waals surface area contributed by atoms with E-state index in [0.717, 1.165) is 9.25 Å². The Morgan fingerprint density at radius 1 is 1.07 bits per heavy atom. The normalized spacial score (nSPS) is 10.5. The molecule has 2 aromatic carbocycles. The summed E-state index contributed by atoms with van der Waals surface area (Å²) in [5.41, 5.74) is 0.117. The molecule has 0 saturated carbocycles. The molecule has 1 heterocycles. The maximum Gasteiger partial charge on any atom is 0.350 e. The molecule has 9 nitrogen and oxygen atoms in total. The summed E-state index contributed by atoms with van der Waals surface area (Å²) in [6, 6.07) is 13.1. The number of carbonyl (C=O) groups is 2. The number of aromatic hydroxyl groups is 1. The monoisotopic (exact) mass is 381 g/mol. The van der Waals surface area contributed by atoms with Crippen molar-refractivity contribution in [1.82, 2.24) is 19.2 Å². The number of rotatable bonds is 4. The summed E-state index contributed by atoms with van der Waals surface area (Å²) in [6.07, 6.45) is 0. The van der Waals surface area contributed by atoms with E-state index in [1.54, 1.807) is 44.4 Å². The molecule has 3 aromatic rings. The second-order valence-electron chi connectivity index (χ2n) is 6.27. The Morgan fingerprint density at radius 2 is 1.75 bits per heavy atom. The molecule has 28 heavy (non-hydrogen) atoms. The topological polar surface area (TPSA) is 109 Å². The van der Waals surface area contributed by atoms with Gasteiger partial charge in [0, 0.05) is 21.1 Å². The molecule has 0 radical (unpaired) electrons.